The van der Waals surface area contributed by atoms with E-state index in [1.165, 1.54) is 0 Å². The number of aliphatic hydroxyl groups excluding tert-OH is 1. The predicted octanol–water partition coefficient (Wildman–Crippen LogP) is 1.34. The van der Waals surface area contributed by atoms with E-state index in [9.17, 15) is 4.79 Å². The normalized spacial score (nSPS) is 12.6. The van der Waals surface area contributed by atoms with E-state index >= 15 is 0 Å². The zero-order valence-electron chi connectivity index (χ0n) is 8.76. The van der Waals surface area contributed by atoms with Crippen molar-refractivity contribution in [2.75, 3.05) is 6.61 Å². The number of hydrogen-bond donors (Lipinski definition) is 2. The van der Waals surface area contributed by atoms with Gasteiger partial charge in [-0.15, -0.1) is 0 Å². The summed E-state index contributed by atoms with van der Waals surface area (Å²) in [6.45, 7) is -0.331. The van der Waals surface area contributed by atoms with Crippen LogP contribution in [0.4, 0.5) is 0 Å². The Balaban J connectivity index is 2.56. The molecule has 2 aromatic carbocycles. The van der Waals surface area contributed by atoms with Gasteiger partial charge in [-0.05, 0) is 10.8 Å². The Kier molecular flexibility index (Phi) is 2.99. The van der Waals surface area contributed by atoms with Gasteiger partial charge >= 0.3 is 0 Å². The monoisotopic (exact) mass is 215 g/mol. The summed E-state index contributed by atoms with van der Waals surface area (Å²) in [7, 11) is 0. The molecule has 0 amide bonds. The number of hydrogen-bond acceptors (Lipinski definition) is 3. The molecule has 0 aliphatic carbocycles. The molecule has 2 aromatic rings. The summed E-state index contributed by atoms with van der Waals surface area (Å²) >= 11 is 0. The van der Waals surface area contributed by atoms with Gasteiger partial charge < -0.3 is 10.8 Å². The van der Waals surface area contributed by atoms with Gasteiger partial charge in [0.1, 0.15) is 0 Å². The maximum atomic E-state index is 11.9. The van der Waals surface area contributed by atoms with Crippen molar-refractivity contribution in [1.82, 2.24) is 0 Å². The van der Waals surface area contributed by atoms with Gasteiger partial charge in [0.25, 0.3) is 0 Å². The Morgan fingerprint density at radius 3 is 2.62 bits per heavy atom. The third-order valence-corrected chi connectivity index (χ3v) is 2.59. The SMILES string of the molecule is NC(CO)C(=O)c1cccc2ccccc12. The summed E-state index contributed by atoms with van der Waals surface area (Å²) in [6, 6.07) is 12.3. The minimum absolute atomic E-state index is 0.223. The van der Waals surface area contributed by atoms with Crippen LogP contribution in [0.3, 0.4) is 0 Å². The largest absolute Gasteiger partial charge is 0.394 e. The van der Waals surface area contributed by atoms with Crippen molar-refractivity contribution in [3.63, 3.8) is 0 Å². The van der Waals surface area contributed by atoms with Crippen molar-refractivity contribution in [3.8, 4) is 0 Å². The van der Waals surface area contributed by atoms with E-state index < -0.39 is 6.04 Å². The number of fused-ring (bicyclic) bond motifs is 1. The minimum atomic E-state index is -0.842. The lowest BCUT2D eigenvalue weighted by Crippen LogP contribution is -2.34. The lowest BCUT2D eigenvalue weighted by molar-refractivity contribution is 0.0927. The Morgan fingerprint density at radius 1 is 1.19 bits per heavy atom. The fourth-order valence-corrected chi connectivity index (χ4v) is 1.72. The van der Waals surface area contributed by atoms with E-state index in [0.717, 1.165) is 10.8 Å². The van der Waals surface area contributed by atoms with E-state index in [0.29, 0.717) is 5.56 Å². The maximum Gasteiger partial charge on any atom is 0.182 e. The zero-order valence-corrected chi connectivity index (χ0v) is 8.76. The molecule has 0 spiro atoms. The van der Waals surface area contributed by atoms with Crippen LogP contribution in [-0.2, 0) is 0 Å². The summed E-state index contributed by atoms with van der Waals surface area (Å²) in [6.07, 6.45) is 0. The first-order chi connectivity index (χ1) is 7.74. The molecule has 0 fully saturated rings. The molecular formula is C13H13NO2. The van der Waals surface area contributed by atoms with Gasteiger partial charge in [-0.25, -0.2) is 0 Å². The lowest BCUT2D eigenvalue weighted by atomic mass is 9.98. The summed E-state index contributed by atoms with van der Waals surface area (Å²) in [5, 5.41) is 10.8. The van der Waals surface area contributed by atoms with Crippen LogP contribution in [0, 0.1) is 0 Å². The second kappa shape index (κ2) is 4.43. The second-order valence-electron chi connectivity index (χ2n) is 3.68. The molecule has 0 aliphatic rings. The fourth-order valence-electron chi connectivity index (χ4n) is 1.72. The third-order valence-electron chi connectivity index (χ3n) is 2.59. The minimum Gasteiger partial charge on any atom is -0.394 e. The van der Waals surface area contributed by atoms with Gasteiger partial charge in [-0.3, -0.25) is 4.79 Å². The highest BCUT2D eigenvalue weighted by Crippen LogP contribution is 2.19. The first kappa shape index (κ1) is 10.8. The molecule has 2 rings (SSSR count). The Bertz CT molecular complexity index is 517. The number of ketones is 1. The van der Waals surface area contributed by atoms with E-state index in [1.807, 2.05) is 36.4 Å². The maximum absolute atomic E-state index is 11.9. The molecular weight excluding hydrogens is 202 g/mol. The van der Waals surface area contributed by atoms with Crippen molar-refractivity contribution < 1.29 is 9.90 Å². The Hall–Kier alpha value is -1.71. The number of carbonyl (C=O) groups is 1. The highest BCUT2D eigenvalue weighted by Gasteiger charge is 2.16. The van der Waals surface area contributed by atoms with Crippen LogP contribution in [0.5, 0.6) is 0 Å². The molecule has 3 N–H and O–H groups in total. The van der Waals surface area contributed by atoms with Crippen molar-refractivity contribution in [3.05, 3.63) is 48.0 Å². The molecule has 0 saturated heterocycles. The molecule has 3 heteroatoms. The number of Topliss-reactive ketones (excluding diaryl/α,β-unsaturated/α-hetero) is 1. The molecule has 82 valence electrons. The second-order valence-corrected chi connectivity index (χ2v) is 3.68. The van der Waals surface area contributed by atoms with Crippen molar-refractivity contribution in [2.24, 2.45) is 5.73 Å². The highest BCUT2D eigenvalue weighted by atomic mass is 16.3. The highest BCUT2D eigenvalue weighted by molar-refractivity contribution is 6.10. The summed E-state index contributed by atoms with van der Waals surface area (Å²) in [4.78, 5) is 11.9. The Labute approximate surface area is 93.5 Å². The first-order valence-electron chi connectivity index (χ1n) is 5.12. The van der Waals surface area contributed by atoms with Gasteiger partial charge in [0.05, 0.1) is 12.6 Å². The van der Waals surface area contributed by atoms with E-state index in [-0.39, 0.29) is 12.4 Å². The number of aliphatic hydroxyl groups is 1. The van der Waals surface area contributed by atoms with Gasteiger partial charge in [-0.1, -0.05) is 42.5 Å². The van der Waals surface area contributed by atoms with Crippen LogP contribution in [0.2, 0.25) is 0 Å². The molecule has 0 saturated carbocycles. The summed E-state index contributed by atoms with van der Waals surface area (Å²) in [5.74, 6) is -0.223. The fraction of sp³-hybridized carbons (Fsp3) is 0.154. The van der Waals surface area contributed by atoms with Crippen LogP contribution < -0.4 is 5.73 Å². The number of nitrogens with two attached hydrogens (primary N) is 1. The first-order valence-corrected chi connectivity index (χ1v) is 5.12. The van der Waals surface area contributed by atoms with E-state index in [1.54, 1.807) is 6.07 Å². The molecule has 1 atom stereocenters. The predicted molar refractivity (Wildman–Crippen MR) is 63.3 cm³/mol. The molecule has 0 aliphatic heterocycles. The quantitative estimate of drug-likeness (QED) is 0.759. The molecule has 3 nitrogen and oxygen atoms in total. The van der Waals surface area contributed by atoms with Crippen LogP contribution >= 0.6 is 0 Å². The lowest BCUT2D eigenvalue weighted by Gasteiger charge is -2.09. The topological polar surface area (TPSA) is 63.3 Å². The van der Waals surface area contributed by atoms with Crippen molar-refractivity contribution in [2.45, 2.75) is 6.04 Å². The van der Waals surface area contributed by atoms with Crippen LogP contribution in [0.1, 0.15) is 10.4 Å². The summed E-state index contributed by atoms with van der Waals surface area (Å²) < 4.78 is 0. The van der Waals surface area contributed by atoms with Gasteiger partial charge in [0.2, 0.25) is 0 Å². The molecule has 16 heavy (non-hydrogen) atoms. The number of rotatable bonds is 3. The molecule has 0 bridgehead atoms. The average molecular weight is 215 g/mol. The van der Waals surface area contributed by atoms with Crippen molar-refractivity contribution >= 4 is 16.6 Å². The van der Waals surface area contributed by atoms with E-state index in [2.05, 4.69) is 0 Å². The molecule has 0 aromatic heterocycles. The van der Waals surface area contributed by atoms with Gasteiger partial charge in [-0.2, -0.15) is 0 Å². The molecule has 1 unspecified atom stereocenters. The Morgan fingerprint density at radius 2 is 1.88 bits per heavy atom. The van der Waals surface area contributed by atoms with Crippen LogP contribution in [-0.4, -0.2) is 23.5 Å². The standard InChI is InChI=1S/C13H13NO2/c14-12(8-15)13(16)11-7-3-5-9-4-1-2-6-10(9)11/h1-7,12,15H,8,14H2. The summed E-state index contributed by atoms with van der Waals surface area (Å²) in [5.41, 5.74) is 6.11. The van der Waals surface area contributed by atoms with E-state index in [4.69, 9.17) is 10.8 Å². The molecule has 0 radical (unpaired) electrons. The van der Waals surface area contributed by atoms with Gasteiger partial charge in [0, 0.05) is 5.56 Å². The average Bonchev–Trinajstić information content (AvgIpc) is 2.36. The van der Waals surface area contributed by atoms with Crippen LogP contribution in [0.25, 0.3) is 10.8 Å². The number of carbonyl (C=O) groups excluding carboxylic acids is 1. The van der Waals surface area contributed by atoms with Crippen molar-refractivity contribution in [1.29, 1.82) is 0 Å². The number of benzene rings is 2. The third kappa shape index (κ3) is 1.83. The smallest absolute Gasteiger partial charge is 0.182 e. The zero-order chi connectivity index (χ0) is 11.5. The molecule has 0 heterocycles. The van der Waals surface area contributed by atoms with Gasteiger partial charge in [0.15, 0.2) is 5.78 Å². The van der Waals surface area contributed by atoms with Crippen LogP contribution in [0.15, 0.2) is 42.5 Å².